The van der Waals surface area contributed by atoms with Crippen LogP contribution in [0.5, 0.6) is 0 Å². The van der Waals surface area contributed by atoms with Gasteiger partial charge in [-0.1, -0.05) is 12.1 Å². The van der Waals surface area contributed by atoms with E-state index in [1.165, 1.54) is 6.07 Å². The van der Waals surface area contributed by atoms with Crippen LogP contribution in [0.2, 0.25) is 0 Å². The smallest absolute Gasteiger partial charge is 0.128 e. The number of hydrogen-bond donors (Lipinski definition) is 1. The zero-order valence-corrected chi connectivity index (χ0v) is 7.10. The Bertz CT molecular complexity index is 281. The first-order chi connectivity index (χ1) is 5.75. The van der Waals surface area contributed by atoms with Gasteiger partial charge in [-0.05, 0) is 19.1 Å². The van der Waals surface area contributed by atoms with Crippen molar-refractivity contribution in [2.45, 2.75) is 6.92 Å². The van der Waals surface area contributed by atoms with E-state index in [-0.39, 0.29) is 5.82 Å². The lowest BCUT2D eigenvalue weighted by Crippen LogP contribution is -2.00. The Kier molecular flexibility index (Phi) is 2.86. The predicted octanol–water partition coefficient (Wildman–Crippen LogP) is 2.73. The molecule has 12 heavy (non-hydrogen) atoms. The van der Waals surface area contributed by atoms with Gasteiger partial charge in [-0.15, -0.1) is 6.58 Å². The normalized spacial score (nSPS) is 9.50. The van der Waals surface area contributed by atoms with E-state index in [2.05, 4.69) is 11.9 Å². The first-order valence-corrected chi connectivity index (χ1v) is 3.85. The molecule has 0 aliphatic carbocycles. The molecule has 1 aromatic rings. The van der Waals surface area contributed by atoms with Crippen LogP contribution in [0.4, 0.5) is 10.1 Å². The van der Waals surface area contributed by atoms with Gasteiger partial charge in [0.05, 0.1) is 0 Å². The lowest BCUT2D eigenvalue weighted by atomic mass is 10.2. The number of hydrogen-bond acceptors (Lipinski definition) is 1. The Morgan fingerprint density at radius 2 is 2.33 bits per heavy atom. The van der Waals surface area contributed by atoms with Crippen LogP contribution in [0.25, 0.3) is 0 Å². The second kappa shape index (κ2) is 3.90. The molecule has 1 N–H and O–H groups in total. The van der Waals surface area contributed by atoms with Crippen molar-refractivity contribution in [1.29, 1.82) is 0 Å². The van der Waals surface area contributed by atoms with Crippen LogP contribution in [-0.4, -0.2) is 6.54 Å². The SMILES string of the molecule is C=CCNc1cccc(F)c1C. The van der Waals surface area contributed by atoms with Gasteiger partial charge in [0.25, 0.3) is 0 Å². The molecule has 0 aromatic heterocycles. The number of nitrogens with one attached hydrogen (secondary N) is 1. The summed E-state index contributed by atoms with van der Waals surface area (Å²) in [6.07, 6.45) is 1.74. The second-order valence-electron chi connectivity index (χ2n) is 2.58. The molecule has 0 spiro atoms. The molecule has 1 aromatic carbocycles. The van der Waals surface area contributed by atoms with Crippen LogP contribution in [0, 0.1) is 12.7 Å². The van der Waals surface area contributed by atoms with Gasteiger partial charge in [0.1, 0.15) is 5.82 Å². The van der Waals surface area contributed by atoms with Crippen LogP contribution < -0.4 is 5.32 Å². The summed E-state index contributed by atoms with van der Waals surface area (Å²) >= 11 is 0. The summed E-state index contributed by atoms with van der Waals surface area (Å²) in [4.78, 5) is 0. The topological polar surface area (TPSA) is 12.0 Å². The van der Waals surface area contributed by atoms with E-state index < -0.39 is 0 Å². The molecule has 0 bridgehead atoms. The molecule has 0 aliphatic heterocycles. The summed E-state index contributed by atoms with van der Waals surface area (Å²) in [7, 11) is 0. The van der Waals surface area contributed by atoms with Crippen LogP contribution >= 0.6 is 0 Å². The second-order valence-corrected chi connectivity index (χ2v) is 2.58. The van der Waals surface area contributed by atoms with Crippen molar-refractivity contribution in [2.24, 2.45) is 0 Å². The molecule has 0 radical (unpaired) electrons. The summed E-state index contributed by atoms with van der Waals surface area (Å²) in [5.41, 5.74) is 1.48. The third kappa shape index (κ3) is 1.84. The molecule has 1 nitrogen and oxygen atoms in total. The first-order valence-electron chi connectivity index (χ1n) is 3.85. The van der Waals surface area contributed by atoms with Gasteiger partial charge in [-0.3, -0.25) is 0 Å². The van der Waals surface area contributed by atoms with Crippen molar-refractivity contribution in [3.8, 4) is 0 Å². The average Bonchev–Trinajstić information content (AvgIpc) is 2.08. The van der Waals surface area contributed by atoms with Crippen molar-refractivity contribution in [2.75, 3.05) is 11.9 Å². The molecule has 0 saturated heterocycles. The molecule has 2 heteroatoms. The predicted molar refractivity (Wildman–Crippen MR) is 49.8 cm³/mol. The summed E-state index contributed by atoms with van der Waals surface area (Å²) in [5.74, 6) is -0.177. The maximum atomic E-state index is 12.9. The van der Waals surface area contributed by atoms with E-state index >= 15 is 0 Å². The van der Waals surface area contributed by atoms with Crippen molar-refractivity contribution in [1.82, 2.24) is 0 Å². The zero-order valence-electron chi connectivity index (χ0n) is 7.10. The van der Waals surface area contributed by atoms with Crippen molar-refractivity contribution >= 4 is 5.69 Å². The molecule has 0 fully saturated rings. The van der Waals surface area contributed by atoms with E-state index in [1.807, 2.05) is 6.07 Å². The summed E-state index contributed by atoms with van der Waals surface area (Å²) in [6, 6.07) is 4.99. The number of rotatable bonds is 3. The van der Waals surface area contributed by atoms with Crippen LogP contribution in [-0.2, 0) is 0 Å². The van der Waals surface area contributed by atoms with E-state index in [0.717, 1.165) is 5.69 Å². The minimum atomic E-state index is -0.177. The maximum absolute atomic E-state index is 12.9. The summed E-state index contributed by atoms with van der Waals surface area (Å²) in [6.45, 7) is 5.98. The van der Waals surface area contributed by atoms with Gasteiger partial charge in [-0.25, -0.2) is 4.39 Å². The Labute approximate surface area is 71.9 Å². The highest BCUT2D eigenvalue weighted by Gasteiger charge is 2.00. The first kappa shape index (κ1) is 8.78. The van der Waals surface area contributed by atoms with Gasteiger partial charge in [0, 0.05) is 17.8 Å². The van der Waals surface area contributed by atoms with Crippen LogP contribution in [0.3, 0.4) is 0 Å². The fourth-order valence-corrected chi connectivity index (χ4v) is 0.981. The largest absolute Gasteiger partial charge is 0.381 e. The number of anilines is 1. The lowest BCUT2D eigenvalue weighted by molar-refractivity contribution is 0.619. The van der Waals surface area contributed by atoms with Gasteiger partial charge < -0.3 is 5.32 Å². The van der Waals surface area contributed by atoms with Crippen molar-refractivity contribution in [3.05, 3.63) is 42.2 Å². The quantitative estimate of drug-likeness (QED) is 0.679. The molecule has 0 aliphatic rings. The standard InChI is InChI=1S/C10H12FN/c1-3-7-12-10-6-4-5-9(11)8(10)2/h3-6,12H,1,7H2,2H3. The molecule has 0 amide bonds. The Balaban J connectivity index is 2.84. The summed E-state index contributed by atoms with van der Waals surface area (Å²) < 4.78 is 12.9. The molecular weight excluding hydrogens is 153 g/mol. The molecule has 64 valence electrons. The van der Waals surface area contributed by atoms with Crippen LogP contribution in [0.1, 0.15) is 5.56 Å². The maximum Gasteiger partial charge on any atom is 0.128 e. The van der Waals surface area contributed by atoms with Crippen molar-refractivity contribution < 1.29 is 4.39 Å². The molecule has 0 saturated carbocycles. The third-order valence-electron chi connectivity index (χ3n) is 1.70. The highest BCUT2D eigenvalue weighted by molar-refractivity contribution is 5.51. The van der Waals surface area contributed by atoms with Gasteiger partial charge in [0.2, 0.25) is 0 Å². The van der Waals surface area contributed by atoms with Gasteiger partial charge in [-0.2, -0.15) is 0 Å². The molecule has 0 unspecified atom stereocenters. The monoisotopic (exact) mass is 165 g/mol. The molecule has 0 heterocycles. The minimum Gasteiger partial charge on any atom is -0.381 e. The number of halogens is 1. The van der Waals surface area contributed by atoms with E-state index in [0.29, 0.717) is 12.1 Å². The number of benzene rings is 1. The van der Waals surface area contributed by atoms with Crippen molar-refractivity contribution in [3.63, 3.8) is 0 Å². The lowest BCUT2D eigenvalue weighted by Gasteiger charge is -2.06. The Morgan fingerprint density at radius 1 is 1.58 bits per heavy atom. The van der Waals surface area contributed by atoms with Gasteiger partial charge in [0.15, 0.2) is 0 Å². The molecule has 1 rings (SSSR count). The van der Waals surface area contributed by atoms with E-state index in [4.69, 9.17) is 0 Å². The third-order valence-corrected chi connectivity index (χ3v) is 1.70. The minimum absolute atomic E-state index is 0.177. The molecule has 0 atom stereocenters. The van der Waals surface area contributed by atoms with E-state index in [9.17, 15) is 4.39 Å². The highest BCUT2D eigenvalue weighted by Crippen LogP contribution is 2.16. The fraction of sp³-hybridized carbons (Fsp3) is 0.200. The molecular formula is C10H12FN. The zero-order chi connectivity index (χ0) is 8.97. The Hall–Kier alpha value is -1.31. The highest BCUT2D eigenvalue weighted by atomic mass is 19.1. The Morgan fingerprint density at radius 3 is 3.00 bits per heavy atom. The van der Waals surface area contributed by atoms with Gasteiger partial charge >= 0.3 is 0 Å². The average molecular weight is 165 g/mol. The fourth-order valence-electron chi connectivity index (χ4n) is 0.981. The summed E-state index contributed by atoms with van der Waals surface area (Å²) in [5, 5.41) is 3.05. The van der Waals surface area contributed by atoms with E-state index in [1.54, 1.807) is 19.1 Å². The van der Waals surface area contributed by atoms with Crippen LogP contribution in [0.15, 0.2) is 30.9 Å².